The first-order valence-electron chi connectivity index (χ1n) is 6.47. The van der Waals surface area contributed by atoms with Gasteiger partial charge in [0.05, 0.1) is 16.4 Å². The molecule has 0 spiro atoms. The molecule has 0 unspecified atom stereocenters. The summed E-state index contributed by atoms with van der Waals surface area (Å²) in [6, 6.07) is 7.13. The van der Waals surface area contributed by atoms with Crippen molar-refractivity contribution in [3.8, 4) is 0 Å². The number of rotatable bonds is 4. The number of aromatic nitrogens is 2. The van der Waals surface area contributed by atoms with Crippen molar-refractivity contribution in [2.75, 3.05) is 11.6 Å². The van der Waals surface area contributed by atoms with Crippen LogP contribution in [0.25, 0.3) is 0 Å². The summed E-state index contributed by atoms with van der Waals surface area (Å²) in [6.07, 6.45) is -2.80. The van der Waals surface area contributed by atoms with Crippen molar-refractivity contribution >= 4 is 35.0 Å². The number of amides is 1. The van der Waals surface area contributed by atoms with E-state index < -0.39 is 22.8 Å². The summed E-state index contributed by atoms with van der Waals surface area (Å²) >= 11 is 7.10. The van der Waals surface area contributed by atoms with E-state index in [1.165, 1.54) is 18.7 Å². The molecule has 0 aliphatic carbocycles. The van der Waals surface area contributed by atoms with Gasteiger partial charge in [0, 0.05) is 4.90 Å². The summed E-state index contributed by atoms with van der Waals surface area (Å²) in [5.41, 5.74) is -0.502. The molecule has 1 aromatic carbocycles. The molecule has 1 aromatic heterocycles. The number of para-hydroxylation sites is 1. The van der Waals surface area contributed by atoms with Gasteiger partial charge in [0.25, 0.3) is 0 Å². The van der Waals surface area contributed by atoms with Crippen LogP contribution in [0.15, 0.2) is 29.2 Å². The first-order chi connectivity index (χ1) is 10.7. The molecule has 4 nitrogen and oxygen atoms in total. The van der Waals surface area contributed by atoms with Gasteiger partial charge in [-0.05, 0) is 25.3 Å². The first-order valence-corrected chi connectivity index (χ1v) is 8.07. The second-order valence-electron chi connectivity index (χ2n) is 4.65. The van der Waals surface area contributed by atoms with Crippen LogP contribution in [0.2, 0.25) is 5.02 Å². The number of hydrogen-bond donors (Lipinski definition) is 1. The Morgan fingerprint density at radius 2 is 2.04 bits per heavy atom. The fraction of sp³-hybridized carbons (Fsp3) is 0.286. The van der Waals surface area contributed by atoms with Crippen molar-refractivity contribution in [3.63, 3.8) is 0 Å². The summed E-state index contributed by atoms with van der Waals surface area (Å²) in [6.45, 7) is 1.03. The third-order valence-electron chi connectivity index (χ3n) is 3.08. The lowest BCUT2D eigenvalue weighted by atomic mass is 10.3. The number of nitrogens with one attached hydrogen (secondary N) is 1. The molecule has 0 saturated heterocycles. The summed E-state index contributed by atoms with van der Waals surface area (Å²) in [5.74, 6) is -0.484. The van der Waals surface area contributed by atoms with Crippen LogP contribution in [-0.2, 0) is 17.5 Å². The largest absolute Gasteiger partial charge is 0.436 e. The van der Waals surface area contributed by atoms with Crippen LogP contribution in [0, 0.1) is 6.92 Å². The number of benzene rings is 1. The van der Waals surface area contributed by atoms with Crippen LogP contribution < -0.4 is 5.32 Å². The molecule has 9 heteroatoms. The van der Waals surface area contributed by atoms with Gasteiger partial charge in [0.1, 0.15) is 6.54 Å². The fourth-order valence-electron chi connectivity index (χ4n) is 1.93. The van der Waals surface area contributed by atoms with Crippen LogP contribution in [-0.4, -0.2) is 21.9 Å². The molecule has 0 aliphatic heterocycles. The van der Waals surface area contributed by atoms with Crippen molar-refractivity contribution in [3.05, 3.63) is 40.7 Å². The van der Waals surface area contributed by atoms with Crippen LogP contribution >= 0.6 is 23.4 Å². The molecule has 0 fully saturated rings. The van der Waals surface area contributed by atoms with E-state index in [-0.39, 0.29) is 12.2 Å². The van der Waals surface area contributed by atoms with Crippen molar-refractivity contribution in [1.29, 1.82) is 0 Å². The molecule has 0 saturated carbocycles. The van der Waals surface area contributed by atoms with E-state index in [1.807, 2.05) is 18.4 Å². The molecule has 0 radical (unpaired) electrons. The van der Waals surface area contributed by atoms with Crippen molar-refractivity contribution < 1.29 is 18.0 Å². The number of carbonyl (C=O) groups excluding carboxylic acids is 1. The van der Waals surface area contributed by atoms with E-state index >= 15 is 0 Å². The average Bonchev–Trinajstić information content (AvgIpc) is 2.76. The van der Waals surface area contributed by atoms with Gasteiger partial charge in [0.2, 0.25) is 5.91 Å². The minimum atomic E-state index is -4.66. The van der Waals surface area contributed by atoms with E-state index in [0.717, 1.165) is 9.58 Å². The molecule has 124 valence electrons. The molecule has 0 atom stereocenters. The predicted molar refractivity (Wildman–Crippen MR) is 83.8 cm³/mol. The number of alkyl halides is 3. The third-order valence-corrected chi connectivity index (χ3v) is 4.32. The van der Waals surface area contributed by atoms with Gasteiger partial charge < -0.3 is 5.32 Å². The summed E-state index contributed by atoms with van der Waals surface area (Å²) in [5, 5.41) is 5.57. The van der Waals surface area contributed by atoms with Crippen LogP contribution in [0.3, 0.4) is 0 Å². The molecular weight excluding hydrogens is 351 g/mol. The van der Waals surface area contributed by atoms with E-state index in [1.54, 1.807) is 12.1 Å². The number of nitrogens with zero attached hydrogens (tertiary/aromatic N) is 2. The quantitative estimate of drug-likeness (QED) is 0.827. The number of hydrogen-bond acceptors (Lipinski definition) is 3. The SMILES string of the molecule is CSc1ccccc1NC(=O)Cn1nc(C(F)(F)F)c(Cl)c1C. The number of carbonyl (C=O) groups is 1. The standard InChI is InChI=1S/C14H13ClF3N3OS/c1-8-12(15)13(14(16,17)18)20-21(8)7-11(22)19-9-5-3-4-6-10(9)23-2/h3-6H,7H2,1-2H3,(H,19,22). The number of halogens is 4. The minimum Gasteiger partial charge on any atom is -0.323 e. The van der Waals surface area contributed by atoms with Crippen molar-refractivity contribution in [2.24, 2.45) is 0 Å². The maximum absolute atomic E-state index is 12.8. The normalized spacial score (nSPS) is 11.6. The highest BCUT2D eigenvalue weighted by Gasteiger charge is 2.38. The van der Waals surface area contributed by atoms with Gasteiger partial charge in [0.15, 0.2) is 5.69 Å². The highest BCUT2D eigenvalue weighted by atomic mass is 35.5. The second kappa shape index (κ2) is 6.84. The minimum absolute atomic E-state index is 0.0901. The lowest BCUT2D eigenvalue weighted by Crippen LogP contribution is -2.21. The van der Waals surface area contributed by atoms with Gasteiger partial charge >= 0.3 is 6.18 Å². The highest BCUT2D eigenvalue weighted by molar-refractivity contribution is 7.98. The Hall–Kier alpha value is -1.67. The van der Waals surface area contributed by atoms with E-state index in [9.17, 15) is 18.0 Å². The van der Waals surface area contributed by atoms with Gasteiger partial charge in [-0.1, -0.05) is 23.7 Å². The Balaban J connectivity index is 2.18. The molecule has 1 heterocycles. The monoisotopic (exact) mass is 363 g/mol. The van der Waals surface area contributed by atoms with Gasteiger partial charge in [-0.25, -0.2) is 0 Å². The first kappa shape index (κ1) is 17.7. The zero-order valence-corrected chi connectivity index (χ0v) is 13.8. The fourth-order valence-corrected chi connectivity index (χ4v) is 2.73. The maximum Gasteiger partial charge on any atom is 0.436 e. The van der Waals surface area contributed by atoms with Crippen molar-refractivity contribution in [2.45, 2.75) is 24.5 Å². The van der Waals surface area contributed by atoms with Gasteiger partial charge in [-0.15, -0.1) is 11.8 Å². The van der Waals surface area contributed by atoms with Crippen LogP contribution in [0.1, 0.15) is 11.4 Å². The van der Waals surface area contributed by atoms with E-state index in [4.69, 9.17) is 11.6 Å². The summed E-state index contributed by atoms with van der Waals surface area (Å²) < 4.78 is 39.2. The molecule has 1 amide bonds. The van der Waals surface area contributed by atoms with Gasteiger partial charge in [-0.2, -0.15) is 18.3 Å². The molecule has 23 heavy (non-hydrogen) atoms. The zero-order chi connectivity index (χ0) is 17.2. The predicted octanol–water partition coefficient (Wildman–Crippen LogP) is 4.22. The van der Waals surface area contributed by atoms with Crippen LogP contribution in [0.5, 0.6) is 0 Å². The Morgan fingerprint density at radius 1 is 1.39 bits per heavy atom. The van der Waals surface area contributed by atoms with E-state index in [2.05, 4.69) is 10.4 Å². The third kappa shape index (κ3) is 4.00. The molecular formula is C14H13ClF3N3OS. The lowest BCUT2D eigenvalue weighted by molar-refractivity contribution is -0.141. The Morgan fingerprint density at radius 3 is 2.61 bits per heavy atom. The Bertz CT molecular complexity index is 731. The molecule has 2 rings (SSSR count). The molecule has 1 N–H and O–H groups in total. The molecule has 2 aromatic rings. The van der Waals surface area contributed by atoms with Crippen LogP contribution in [0.4, 0.5) is 18.9 Å². The highest BCUT2D eigenvalue weighted by Crippen LogP contribution is 2.35. The number of thioether (sulfide) groups is 1. The molecule has 0 bridgehead atoms. The Kier molecular flexibility index (Phi) is 5.26. The topological polar surface area (TPSA) is 46.9 Å². The Labute approximate surface area is 140 Å². The summed E-state index contributed by atoms with van der Waals surface area (Å²) in [4.78, 5) is 12.9. The van der Waals surface area contributed by atoms with Crippen molar-refractivity contribution in [1.82, 2.24) is 9.78 Å². The maximum atomic E-state index is 12.8. The lowest BCUT2D eigenvalue weighted by Gasteiger charge is -2.10. The average molecular weight is 364 g/mol. The second-order valence-corrected chi connectivity index (χ2v) is 5.88. The van der Waals surface area contributed by atoms with E-state index in [0.29, 0.717) is 5.69 Å². The molecule has 0 aliphatic rings. The van der Waals surface area contributed by atoms with Gasteiger partial charge in [-0.3, -0.25) is 9.48 Å². The zero-order valence-electron chi connectivity index (χ0n) is 12.2. The summed E-state index contributed by atoms with van der Waals surface area (Å²) in [7, 11) is 0. The number of anilines is 1. The smallest absolute Gasteiger partial charge is 0.323 e.